The van der Waals surface area contributed by atoms with E-state index in [0.29, 0.717) is 6.04 Å². The van der Waals surface area contributed by atoms with Crippen LogP contribution >= 0.6 is 34.3 Å². The Hall–Kier alpha value is -0.350. The van der Waals surface area contributed by atoms with Crippen molar-refractivity contribution in [2.45, 2.75) is 19.5 Å². The second-order valence-electron chi connectivity index (χ2n) is 3.35. The fourth-order valence-electron chi connectivity index (χ4n) is 1.34. The summed E-state index contributed by atoms with van der Waals surface area (Å²) < 4.78 is 0. The third kappa shape index (κ3) is 3.05. The molecule has 1 N–H and O–H groups in total. The highest BCUT2D eigenvalue weighted by atomic mass is 35.5. The van der Waals surface area contributed by atoms with Crippen LogP contribution < -0.4 is 5.32 Å². The summed E-state index contributed by atoms with van der Waals surface area (Å²) in [6.07, 6.45) is 0. The van der Waals surface area contributed by atoms with Crippen molar-refractivity contribution in [3.05, 3.63) is 43.7 Å². The predicted molar refractivity (Wildman–Crippen MR) is 68.9 cm³/mol. The molecule has 1 atom stereocenters. The molecule has 1 nitrogen and oxygen atoms in total. The van der Waals surface area contributed by atoms with Crippen LogP contribution in [0.25, 0.3) is 0 Å². The molecular formula is C11H12ClNS2. The lowest BCUT2D eigenvalue weighted by Gasteiger charge is -2.10. The van der Waals surface area contributed by atoms with Gasteiger partial charge in [-0.2, -0.15) is 0 Å². The van der Waals surface area contributed by atoms with Gasteiger partial charge < -0.3 is 5.32 Å². The summed E-state index contributed by atoms with van der Waals surface area (Å²) in [7, 11) is 0. The molecule has 0 saturated carbocycles. The molecule has 15 heavy (non-hydrogen) atoms. The molecule has 4 heteroatoms. The molecule has 2 aromatic rings. The summed E-state index contributed by atoms with van der Waals surface area (Å²) >= 11 is 9.34. The summed E-state index contributed by atoms with van der Waals surface area (Å²) in [4.78, 5) is 2.65. The number of thiophene rings is 2. The molecule has 0 aromatic carbocycles. The highest BCUT2D eigenvalue weighted by Crippen LogP contribution is 2.21. The first kappa shape index (κ1) is 11.1. The van der Waals surface area contributed by atoms with Crippen LogP contribution in [-0.2, 0) is 6.54 Å². The van der Waals surface area contributed by atoms with Crippen LogP contribution in [0.3, 0.4) is 0 Å². The van der Waals surface area contributed by atoms with Gasteiger partial charge in [-0.25, -0.2) is 0 Å². The SMILES string of the molecule is C[C@@H](NCc1cc(Cl)cs1)c1cccs1. The van der Waals surface area contributed by atoms with Crippen molar-refractivity contribution in [3.8, 4) is 0 Å². The van der Waals surface area contributed by atoms with Crippen LogP contribution in [0.1, 0.15) is 22.7 Å². The van der Waals surface area contributed by atoms with Gasteiger partial charge in [-0.05, 0) is 24.4 Å². The van der Waals surface area contributed by atoms with Crippen molar-refractivity contribution >= 4 is 34.3 Å². The van der Waals surface area contributed by atoms with Crippen molar-refractivity contribution in [1.29, 1.82) is 0 Å². The van der Waals surface area contributed by atoms with Crippen molar-refractivity contribution < 1.29 is 0 Å². The van der Waals surface area contributed by atoms with E-state index in [1.807, 2.05) is 11.4 Å². The summed E-state index contributed by atoms with van der Waals surface area (Å²) in [6.45, 7) is 3.07. The number of rotatable bonds is 4. The molecule has 0 aliphatic rings. The predicted octanol–water partition coefficient (Wildman–Crippen LogP) is 4.31. The van der Waals surface area contributed by atoms with Gasteiger partial charge in [-0.3, -0.25) is 0 Å². The number of hydrogen-bond donors (Lipinski definition) is 1. The second-order valence-corrected chi connectivity index (χ2v) is 5.76. The first-order chi connectivity index (χ1) is 7.25. The van der Waals surface area contributed by atoms with Gasteiger partial charge in [0.1, 0.15) is 0 Å². The van der Waals surface area contributed by atoms with Crippen LogP contribution in [0.4, 0.5) is 0 Å². The summed E-state index contributed by atoms with van der Waals surface area (Å²) in [5.41, 5.74) is 0. The fraction of sp³-hybridized carbons (Fsp3) is 0.273. The van der Waals surface area contributed by atoms with Crippen molar-refractivity contribution in [3.63, 3.8) is 0 Å². The Bertz CT molecular complexity index is 408. The Balaban J connectivity index is 1.88. The van der Waals surface area contributed by atoms with Crippen LogP contribution in [-0.4, -0.2) is 0 Å². The quantitative estimate of drug-likeness (QED) is 0.861. The lowest BCUT2D eigenvalue weighted by atomic mass is 10.3. The zero-order chi connectivity index (χ0) is 10.7. The van der Waals surface area contributed by atoms with Gasteiger partial charge in [-0.15, -0.1) is 22.7 Å². The lowest BCUT2D eigenvalue weighted by molar-refractivity contribution is 0.587. The van der Waals surface area contributed by atoms with Crippen molar-refractivity contribution in [2.24, 2.45) is 0 Å². The van der Waals surface area contributed by atoms with E-state index in [2.05, 4.69) is 29.8 Å². The average molecular weight is 258 g/mol. The Labute approximate surface area is 103 Å². The van der Waals surface area contributed by atoms with E-state index < -0.39 is 0 Å². The number of nitrogens with one attached hydrogen (secondary N) is 1. The van der Waals surface area contributed by atoms with Gasteiger partial charge in [0.05, 0.1) is 5.02 Å². The molecule has 0 spiro atoms. The van der Waals surface area contributed by atoms with Gasteiger partial charge in [0.25, 0.3) is 0 Å². The number of hydrogen-bond acceptors (Lipinski definition) is 3. The minimum atomic E-state index is 0.408. The molecule has 0 unspecified atom stereocenters. The average Bonchev–Trinajstić information content (AvgIpc) is 2.84. The van der Waals surface area contributed by atoms with Crippen LogP contribution in [0.5, 0.6) is 0 Å². The molecule has 2 rings (SSSR count). The molecule has 80 valence electrons. The smallest absolute Gasteiger partial charge is 0.0516 e. The third-order valence-corrected chi connectivity index (χ3v) is 4.51. The first-order valence-corrected chi connectivity index (χ1v) is 6.89. The maximum Gasteiger partial charge on any atom is 0.0516 e. The van der Waals surface area contributed by atoms with Gasteiger partial charge in [0.2, 0.25) is 0 Å². The van der Waals surface area contributed by atoms with Crippen LogP contribution in [0.15, 0.2) is 29.0 Å². The molecule has 2 heterocycles. The van der Waals surface area contributed by atoms with Gasteiger partial charge >= 0.3 is 0 Å². The topological polar surface area (TPSA) is 12.0 Å². The minimum Gasteiger partial charge on any atom is -0.305 e. The normalized spacial score (nSPS) is 12.9. The number of halogens is 1. The maximum atomic E-state index is 5.86. The Morgan fingerprint density at radius 2 is 2.33 bits per heavy atom. The minimum absolute atomic E-state index is 0.408. The molecule has 0 saturated heterocycles. The third-order valence-electron chi connectivity index (χ3n) is 2.17. The molecule has 2 aromatic heterocycles. The van der Waals surface area contributed by atoms with Gasteiger partial charge in [0, 0.05) is 27.7 Å². The molecule has 0 aliphatic carbocycles. The fourth-order valence-corrected chi connectivity index (χ4v) is 3.12. The summed E-state index contributed by atoms with van der Waals surface area (Å²) in [5, 5.41) is 8.38. The van der Waals surface area contributed by atoms with Gasteiger partial charge in [0.15, 0.2) is 0 Å². The monoisotopic (exact) mass is 257 g/mol. The molecule has 0 fully saturated rings. The van der Waals surface area contributed by atoms with Crippen LogP contribution in [0.2, 0.25) is 5.02 Å². The van der Waals surface area contributed by atoms with E-state index in [-0.39, 0.29) is 0 Å². The highest BCUT2D eigenvalue weighted by Gasteiger charge is 2.06. The molecule has 0 aliphatic heterocycles. The highest BCUT2D eigenvalue weighted by molar-refractivity contribution is 7.10. The van der Waals surface area contributed by atoms with E-state index in [0.717, 1.165) is 11.6 Å². The van der Waals surface area contributed by atoms with E-state index in [1.165, 1.54) is 9.75 Å². The zero-order valence-electron chi connectivity index (χ0n) is 8.37. The Morgan fingerprint density at radius 3 is 2.93 bits per heavy atom. The zero-order valence-corrected chi connectivity index (χ0v) is 10.8. The largest absolute Gasteiger partial charge is 0.305 e. The van der Waals surface area contributed by atoms with Crippen LogP contribution in [0, 0.1) is 0 Å². The van der Waals surface area contributed by atoms with Crippen molar-refractivity contribution in [2.75, 3.05) is 0 Å². The standard InChI is InChI=1S/C11H12ClNS2/c1-8(11-3-2-4-14-11)13-6-10-5-9(12)7-15-10/h2-5,7-8,13H,6H2,1H3/t8-/m1/s1. The van der Waals surface area contributed by atoms with Gasteiger partial charge in [-0.1, -0.05) is 17.7 Å². The van der Waals surface area contributed by atoms with E-state index >= 15 is 0 Å². The Morgan fingerprint density at radius 1 is 1.47 bits per heavy atom. The summed E-state index contributed by atoms with van der Waals surface area (Å²) in [6, 6.07) is 6.66. The Kier molecular flexibility index (Phi) is 3.81. The maximum absolute atomic E-state index is 5.86. The lowest BCUT2D eigenvalue weighted by Crippen LogP contribution is -2.16. The van der Waals surface area contributed by atoms with E-state index in [4.69, 9.17) is 11.6 Å². The van der Waals surface area contributed by atoms with E-state index in [1.54, 1.807) is 22.7 Å². The summed E-state index contributed by atoms with van der Waals surface area (Å²) in [5.74, 6) is 0. The first-order valence-electron chi connectivity index (χ1n) is 4.75. The molecule has 0 radical (unpaired) electrons. The van der Waals surface area contributed by atoms with Crippen molar-refractivity contribution in [1.82, 2.24) is 5.32 Å². The second kappa shape index (κ2) is 5.12. The molecule has 0 amide bonds. The van der Waals surface area contributed by atoms with E-state index in [9.17, 15) is 0 Å². The molecular weight excluding hydrogens is 246 g/mol. The molecule has 0 bridgehead atoms.